The Balaban J connectivity index is 2.03. The van der Waals surface area contributed by atoms with Crippen molar-refractivity contribution in [1.82, 2.24) is 10.6 Å². The summed E-state index contributed by atoms with van der Waals surface area (Å²) in [5.74, 6) is -0.236. The van der Waals surface area contributed by atoms with Gasteiger partial charge in [0.2, 0.25) is 5.91 Å². The van der Waals surface area contributed by atoms with E-state index < -0.39 is 4.92 Å². The van der Waals surface area contributed by atoms with Crippen molar-refractivity contribution in [2.75, 3.05) is 13.1 Å². The maximum Gasteiger partial charge on any atom is 0.276 e. The number of hydrogen-bond donors (Lipinski definition) is 2. The molecule has 1 amide bonds. The Morgan fingerprint density at radius 3 is 2.78 bits per heavy atom. The molecule has 0 aromatic heterocycles. The van der Waals surface area contributed by atoms with Gasteiger partial charge in [0, 0.05) is 25.2 Å². The molecular weight excluding hydrogens is 234 g/mol. The van der Waals surface area contributed by atoms with Crippen LogP contribution in [0.25, 0.3) is 6.08 Å². The molecule has 2 rings (SSSR count). The molecule has 1 aromatic carbocycles. The predicted molar refractivity (Wildman–Crippen MR) is 66.9 cm³/mol. The zero-order valence-corrected chi connectivity index (χ0v) is 9.63. The van der Waals surface area contributed by atoms with Gasteiger partial charge in [-0.2, -0.15) is 0 Å². The van der Waals surface area contributed by atoms with E-state index in [1.807, 2.05) is 0 Å². The van der Waals surface area contributed by atoms with E-state index in [9.17, 15) is 14.9 Å². The molecule has 6 heteroatoms. The second-order valence-corrected chi connectivity index (χ2v) is 4.01. The Morgan fingerprint density at radius 1 is 1.44 bits per heavy atom. The van der Waals surface area contributed by atoms with Crippen molar-refractivity contribution >= 4 is 17.7 Å². The third-order valence-electron chi connectivity index (χ3n) is 2.68. The Labute approximate surface area is 104 Å². The maximum absolute atomic E-state index is 11.5. The Kier molecular flexibility index (Phi) is 3.69. The molecule has 6 nitrogen and oxygen atoms in total. The summed E-state index contributed by atoms with van der Waals surface area (Å²) in [7, 11) is 0. The number of nitrogens with one attached hydrogen (secondary N) is 2. The second kappa shape index (κ2) is 5.42. The number of hydrogen-bond acceptors (Lipinski definition) is 4. The van der Waals surface area contributed by atoms with E-state index in [1.165, 1.54) is 18.2 Å². The van der Waals surface area contributed by atoms with Crippen LogP contribution in [0.15, 0.2) is 30.3 Å². The van der Waals surface area contributed by atoms with E-state index in [4.69, 9.17) is 0 Å². The number of carbonyl (C=O) groups excluding carboxylic acids is 1. The molecule has 0 aliphatic carbocycles. The fraction of sp³-hybridized carbons (Fsp3) is 0.250. The molecule has 1 heterocycles. The largest absolute Gasteiger partial charge is 0.347 e. The van der Waals surface area contributed by atoms with Crippen LogP contribution in [0.2, 0.25) is 0 Å². The van der Waals surface area contributed by atoms with E-state index in [0.717, 1.165) is 13.1 Å². The van der Waals surface area contributed by atoms with E-state index in [-0.39, 0.29) is 17.6 Å². The normalized spacial score (nSPS) is 15.3. The van der Waals surface area contributed by atoms with Crippen LogP contribution >= 0.6 is 0 Å². The third kappa shape index (κ3) is 2.92. The number of benzene rings is 1. The maximum atomic E-state index is 11.5. The van der Waals surface area contributed by atoms with Gasteiger partial charge in [-0.3, -0.25) is 14.9 Å². The van der Waals surface area contributed by atoms with Gasteiger partial charge in [0.15, 0.2) is 0 Å². The molecular formula is C12H13N3O3. The predicted octanol–water partition coefficient (Wildman–Crippen LogP) is 0.696. The number of nitrogens with zero attached hydrogens (tertiary/aromatic N) is 1. The summed E-state index contributed by atoms with van der Waals surface area (Å²) in [4.78, 5) is 21.8. The highest BCUT2D eigenvalue weighted by Gasteiger charge is 2.17. The van der Waals surface area contributed by atoms with E-state index >= 15 is 0 Å². The molecule has 1 fully saturated rings. The van der Waals surface area contributed by atoms with Gasteiger partial charge in [-0.05, 0) is 12.1 Å². The summed E-state index contributed by atoms with van der Waals surface area (Å²) in [5.41, 5.74) is 0.413. The number of nitro groups is 1. The number of amides is 1. The van der Waals surface area contributed by atoms with E-state index in [1.54, 1.807) is 18.2 Å². The van der Waals surface area contributed by atoms with E-state index in [0.29, 0.717) is 5.56 Å². The van der Waals surface area contributed by atoms with Crippen molar-refractivity contribution < 1.29 is 9.72 Å². The van der Waals surface area contributed by atoms with Gasteiger partial charge < -0.3 is 10.6 Å². The molecule has 0 bridgehead atoms. The minimum atomic E-state index is -0.465. The highest BCUT2D eigenvalue weighted by Crippen LogP contribution is 2.18. The number of para-hydroxylation sites is 1. The molecule has 1 aromatic rings. The Bertz CT molecular complexity index is 495. The molecule has 2 N–H and O–H groups in total. The van der Waals surface area contributed by atoms with Crippen LogP contribution in [0.1, 0.15) is 5.56 Å². The fourth-order valence-electron chi connectivity index (χ4n) is 1.60. The first-order valence-corrected chi connectivity index (χ1v) is 5.59. The summed E-state index contributed by atoms with van der Waals surface area (Å²) in [5, 5.41) is 16.6. The highest BCUT2D eigenvalue weighted by atomic mass is 16.6. The SMILES string of the molecule is O=C(C=Cc1ccccc1[N+](=O)[O-])NC1CNC1. The van der Waals surface area contributed by atoms with Gasteiger partial charge in [0.1, 0.15) is 0 Å². The lowest BCUT2D eigenvalue weighted by molar-refractivity contribution is -0.385. The van der Waals surface area contributed by atoms with Gasteiger partial charge >= 0.3 is 0 Å². The lowest BCUT2D eigenvalue weighted by Gasteiger charge is -2.27. The smallest absolute Gasteiger partial charge is 0.276 e. The first kappa shape index (κ1) is 12.3. The quantitative estimate of drug-likeness (QED) is 0.466. The van der Waals surface area contributed by atoms with Crippen LogP contribution in [0.4, 0.5) is 5.69 Å². The second-order valence-electron chi connectivity index (χ2n) is 4.01. The van der Waals surface area contributed by atoms with E-state index in [2.05, 4.69) is 10.6 Å². The zero-order valence-electron chi connectivity index (χ0n) is 9.63. The van der Waals surface area contributed by atoms with Gasteiger partial charge in [0.05, 0.1) is 16.5 Å². The third-order valence-corrected chi connectivity index (χ3v) is 2.68. The molecule has 94 valence electrons. The van der Waals surface area contributed by atoms with Crippen molar-refractivity contribution in [1.29, 1.82) is 0 Å². The van der Waals surface area contributed by atoms with Crippen LogP contribution in [0.3, 0.4) is 0 Å². The first-order valence-electron chi connectivity index (χ1n) is 5.59. The van der Waals surface area contributed by atoms with Crippen molar-refractivity contribution in [2.24, 2.45) is 0 Å². The Morgan fingerprint density at radius 2 is 2.17 bits per heavy atom. The monoisotopic (exact) mass is 247 g/mol. The summed E-state index contributed by atoms with van der Waals surface area (Å²) >= 11 is 0. The molecule has 0 saturated carbocycles. The van der Waals surface area contributed by atoms with Gasteiger partial charge in [-0.1, -0.05) is 12.1 Å². The van der Waals surface area contributed by atoms with Crippen molar-refractivity contribution in [2.45, 2.75) is 6.04 Å². The first-order chi connectivity index (χ1) is 8.66. The molecule has 0 atom stereocenters. The average Bonchev–Trinajstić information content (AvgIpc) is 2.31. The average molecular weight is 247 g/mol. The zero-order chi connectivity index (χ0) is 13.0. The molecule has 1 saturated heterocycles. The molecule has 0 radical (unpaired) electrons. The number of carbonyl (C=O) groups is 1. The van der Waals surface area contributed by atoms with Gasteiger partial charge in [-0.25, -0.2) is 0 Å². The summed E-state index contributed by atoms with van der Waals surface area (Å²) in [6.07, 6.45) is 2.78. The minimum Gasteiger partial charge on any atom is -0.347 e. The van der Waals surface area contributed by atoms with Crippen LogP contribution in [0.5, 0.6) is 0 Å². The summed E-state index contributed by atoms with van der Waals surface area (Å²) in [6.45, 7) is 1.54. The van der Waals surface area contributed by atoms with Crippen LogP contribution < -0.4 is 10.6 Å². The molecule has 18 heavy (non-hydrogen) atoms. The Hall–Kier alpha value is -2.21. The van der Waals surface area contributed by atoms with Crippen molar-refractivity contribution in [3.05, 3.63) is 46.0 Å². The molecule has 1 aliphatic rings. The van der Waals surface area contributed by atoms with Crippen LogP contribution in [-0.2, 0) is 4.79 Å². The van der Waals surface area contributed by atoms with Gasteiger partial charge in [-0.15, -0.1) is 0 Å². The highest BCUT2D eigenvalue weighted by molar-refractivity contribution is 5.92. The number of rotatable bonds is 4. The van der Waals surface area contributed by atoms with Gasteiger partial charge in [0.25, 0.3) is 5.69 Å². The molecule has 0 unspecified atom stereocenters. The minimum absolute atomic E-state index is 0.00754. The van der Waals surface area contributed by atoms with Crippen LogP contribution in [-0.4, -0.2) is 30.0 Å². The standard InChI is InChI=1S/C12H13N3O3/c16-12(14-10-7-13-8-10)6-5-9-3-1-2-4-11(9)15(17)18/h1-6,10,13H,7-8H2,(H,14,16). The lowest BCUT2D eigenvalue weighted by atomic mass is 10.1. The fourth-order valence-corrected chi connectivity index (χ4v) is 1.60. The molecule has 0 spiro atoms. The van der Waals surface area contributed by atoms with Crippen molar-refractivity contribution in [3.8, 4) is 0 Å². The molecule has 1 aliphatic heterocycles. The summed E-state index contributed by atoms with van der Waals surface area (Å²) in [6, 6.07) is 6.46. The van der Waals surface area contributed by atoms with Crippen molar-refractivity contribution in [3.63, 3.8) is 0 Å². The van der Waals surface area contributed by atoms with Crippen LogP contribution in [0, 0.1) is 10.1 Å². The topological polar surface area (TPSA) is 84.3 Å². The number of nitro benzene ring substituents is 1. The lowest BCUT2D eigenvalue weighted by Crippen LogP contribution is -2.56. The summed E-state index contributed by atoms with van der Waals surface area (Å²) < 4.78 is 0.